The van der Waals surface area contributed by atoms with Gasteiger partial charge in [-0.1, -0.05) is 24.6 Å². The van der Waals surface area contributed by atoms with E-state index in [1.165, 1.54) is 17.7 Å². The molecule has 0 unspecified atom stereocenters. The number of nitrogens with zero attached hydrogens (tertiary/aromatic N) is 3. The van der Waals surface area contributed by atoms with Crippen LogP contribution in [0.15, 0.2) is 48.5 Å². The summed E-state index contributed by atoms with van der Waals surface area (Å²) in [4.78, 5) is 32.4. The van der Waals surface area contributed by atoms with Gasteiger partial charge in [-0.25, -0.2) is 0 Å². The summed E-state index contributed by atoms with van der Waals surface area (Å²) >= 11 is 12.0. The molecule has 0 bridgehead atoms. The van der Waals surface area contributed by atoms with Crippen LogP contribution in [0.2, 0.25) is 5.02 Å². The highest BCUT2D eigenvalue weighted by atomic mass is 35.5. The van der Waals surface area contributed by atoms with E-state index in [0.29, 0.717) is 34.7 Å². The second-order valence-electron chi connectivity index (χ2n) is 9.38. The highest BCUT2D eigenvalue weighted by Crippen LogP contribution is 2.29. The molecule has 0 aromatic heterocycles. The highest BCUT2D eigenvalue weighted by Gasteiger charge is 2.44. The molecule has 36 heavy (non-hydrogen) atoms. The number of piperidine rings is 1. The molecule has 9 heteroatoms. The number of carbonyl (C=O) groups is 2. The first kappa shape index (κ1) is 26.4. The molecule has 1 N–H and O–H groups in total. The lowest BCUT2D eigenvalue weighted by Gasteiger charge is -2.32. The van der Waals surface area contributed by atoms with Crippen LogP contribution in [-0.2, 0) is 9.59 Å². The Bertz CT molecular complexity index is 1090. The van der Waals surface area contributed by atoms with Crippen molar-refractivity contribution >= 4 is 52.1 Å². The van der Waals surface area contributed by atoms with Gasteiger partial charge >= 0.3 is 0 Å². The van der Waals surface area contributed by atoms with Gasteiger partial charge in [-0.2, -0.15) is 0 Å². The van der Waals surface area contributed by atoms with Crippen molar-refractivity contribution in [2.45, 2.75) is 39.2 Å². The van der Waals surface area contributed by atoms with Crippen LogP contribution in [0.1, 0.15) is 33.1 Å². The van der Waals surface area contributed by atoms with Crippen molar-refractivity contribution < 1.29 is 14.3 Å². The lowest BCUT2D eigenvalue weighted by Crippen LogP contribution is -2.44. The molecule has 4 rings (SSSR count). The number of amides is 2. The van der Waals surface area contributed by atoms with Gasteiger partial charge in [0.05, 0.1) is 18.7 Å². The molecule has 1 atom stereocenters. The molecule has 2 aliphatic heterocycles. The average molecular weight is 529 g/mol. The molecular weight excluding hydrogens is 496 g/mol. The van der Waals surface area contributed by atoms with E-state index in [1.54, 1.807) is 30.3 Å². The second-order valence-corrected chi connectivity index (χ2v) is 10.2. The second kappa shape index (κ2) is 12.0. The van der Waals surface area contributed by atoms with Crippen molar-refractivity contribution in [2.75, 3.05) is 43.0 Å². The number of hydrogen-bond acceptors (Lipinski definition) is 5. The van der Waals surface area contributed by atoms with Gasteiger partial charge in [-0.3, -0.25) is 14.5 Å². The van der Waals surface area contributed by atoms with Crippen molar-refractivity contribution in [1.29, 1.82) is 0 Å². The molecule has 2 aromatic rings. The van der Waals surface area contributed by atoms with Gasteiger partial charge in [0, 0.05) is 23.8 Å². The van der Waals surface area contributed by atoms with E-state index in [0.717, 1.165) is 31.3 Å². The van der Waals surface area contributed by atoms with E-state index >= 15 is 0 Å². The SMILES string of the molecule is CCOc1ccc(NC(=O)C[C@H]2C(=O)N(c3cccc(Cl)c3)C(=S)N2CCN2CCC(C)CC2)cc1. The standard InChI is InChI=1S/C27H33ClN4O3S/c1-3-35-23-9-7-21(8-10-23)29-25(33)18-24-26(34)32(22-6-4-5-20(28)17-22)27(36)31(24)16-15-30-13-11-19(2)12-14-30/h4-10,17,19,24H,3,11-16,18H2,1-2H3,(H,29,33)/t24-/m0/s1. The monoisotopic (exact) mass is 528 g/mol. The number of benzene rings is 2. The molecule has 7 nitrogen and oxygen atoms in total. The van der Waals surface area contributed by atoms with Crippen molar-refractivity contribution in [1.82, 2.24) is 9.80 Å². The number of thiocarbonyl (C=S) groups is 1. The fourth-order valence-electron chi connectivity index (χ4n) is 4.66. The molecule has 2 saturated heterocycles. The zero-order valence-electron chi connectivity index (χ0n) is 20.8. The summed E-state index contributed by atoms with van der Waals surface area (Å²) in [5.41, 5.74) is 1.26. The zero-order chi connectivity index (χ0) is 25.7. The van der Waals surface area contributed by atoms with E-state index in [2.05, 4.69) is 17.1 Å². The van der Waals surface area contributed by atoms with Crippen LogP contribution in [0.5, 0.6) is 5.75 Å². The van der Waals surface area contributed by atoms with Crippen LogP contribution < -0.4 is 15.0 Å². The summed E-state index contributed by atoms with van der Waals surface area (Å²) in [6.45, 7) is 8.23. The van der Waals surface area contributed by atoms with Gasteiger partial charge in [0.25, 0.3) is 5.91 Å². The van der Waals surface area contributed by atoms with E-state index in [9.17, 15) is 9.59 Å². The number of halogens is 1. The minimum absolute atomic E-state index is 0.000282. The van der Waals surface area contributed by atoms with Gasteiger partial charge in [0.15, 0.2) is 5.11 Å². The highest BCUT2D eigenvalue weighted by molar-refractivity contribution is 7.80. The summed E-state index contributed by atoms with van der Waals surface area (Å²) < 4.78 is 5.46. The van der Waals surface area contributed by atoms with Gasteiger partial charge in [-0.15, -0.1) is 0 Å². The number of rotatable bonds is 9. The molecule has 2 fully saturated rings. The summed E-state index contributed by atoms with van der Waals surface area (Å²) in [6.07, 6.45) is 2.35. The summed E-state index contributed by atoms with van der Waals surface area (Å²) in [5.74, 6) is 1.02. The predicted molar refractivity (Wildman–Crippen MR) is 148 cm³/mol. The largest absolute Gasteiger partial charge is 0.494 e. The molecule has 0 saturated carbocycles. The Labute approximate surface area is 223 Å². The van der Waals surface area contributed by atoms with Crippen LogP contribution in [-0.4, -0.2) is 65.6 Å². The molecule has 2 amide bonds. The first-order valence-electron chi connectivity index (χ1n) is 12.5. The fraction of sp³-hybridized carbons (Fsp3) is 0.444. The van der Waals surface area contributed by atoms with Crippen LogP contribution in [0.3, 0.4) is 0 Å². The number of hydrogen-bond donors (Lipinski definition) is 1. The number of carbonyl (C=O) groups excluding carboxylic acids is 2. The average Bonchev–Trinajstić information content (AvgIpc) is 3.08. The zero-order valence-corrected chi connectivity index (χ0v) is 22.4. The van der Waals surface area contributed by atoms with Crippen molar-refractivity contribution in [3.63, 3.8) is 0 Å². The summed E-state index contributed by atoms with van der Waals surface area (Å²) in [7, 11) is 0. The van der Waals surface area contributed by atoms with Gasteiger partial charge in [0.1, 0.15) is 11.8 Å². The first-order valence-corrected chi connectivity index (χ1v) is 13.3. The lowest BCUT2D eigenvalue weighted by molar-refractivity contribution is -0.124. The Hall–Kier alpha value is -2.68. The minimum atomic E-state index is -0.678. The third-order valence-electron chi connectivity index (χ3n) is 6.75. The third kappa shape index (κ3) is 6.35. The molecule has 192 valence electrons. The Morgan fingerprint density at radius 1 is 1.14 bits per heavy atom. The van der Waals surface area contributed by atoms with E-state index in [4.69, 9.17) is 28.6 Å². The maximum atomic E-state index is 13.6. The van der Waals surface area contributed by atoms with Gasteiger partial charge in [-0.05, 0) is 93.5 Å². The quantitative estimate of drug-likeness (QED) is 0.472. The third-order valence-corrected chi connectivity index (χ3v) is 7.40. The number of nitrogens with one attached hydrogen (secondary N) is 1. The number of anilines is 2. The molecule has 0 spiro atoms. The number of likely N-dealkylation sites (tertiary alicyclic amines) is 1. The van der Waals surface area contributed by atoms with E-state index in [-0.39, 0.29) is 18.2 Å². The topological polar surface area (TPSA) is 65.1 Å². The Morgan fingerprint density at radius 2 is 1.86 bits per heavy atom. The van der Waals surface area contributed by atoms with Crippen molar-refractivity contribution in [3.8, 4) is 5.75 Å². The Balaban J connectivity index is 1.48. The fourth-order valence-corrected chi connectivity index (χ4v) is 5.26. The maximum Gasteiger partial charge on any atom is 0.256 e. The van der Waals surface area contributed by atoms with Crippen molar-refractivity contribution in [3.05, 3.63) is 53.6 Å². The summed E-state index contributed by atoms with van der Waals surface area (Å²) in [6, 6.07) is 13.6. The maximum absolute atomic E-state index is 13.6. The molecule has 2 heterocycles. The Kier molecular flexibility index (Phi) is 8.82. The Morgan fingerprint density at radius 3 is 2.53 bits per heavy atom. The predicted octanol–water partition coefficient (Wildman–Crippen LogP) is 4.80. The van der Waals surface area contributed by atoms with Crippen molar-refractivity contribution in [2.24, 2.45) is 5.92 Å². The lowest BCUT2D eigenvalue weighted by atomic mass is 9.99. The smallest absolute Gasteiger partial charge is 0.256 e. The van der Waals surface area contributed by atoms with Gasteiger partial charge in [0.2, 0.25) is 5.91 Å². The van der Waals surface area contributed by atoms with E-state index < -0.39 is 6.04 Å². The van der Waals surface area contributed by atoms with Crippen LogP contribution >= 0.6 is 23.8 Å². The van der Waals surface area contributed by atoms with E-state index in [1.807, 2.05) is 30.0 Å². The molecule has 0 radical (unpaired) electrons. The summed E-state index contributed by atoms with van der Waals surface area (Å²) in [5, 5.41) is 3.83. The van der Waals surface area contributed by atoms with Crippen LogP contribution in [0.4, 0.5) is 11.4 Å². The first-order chi connectivity index (χ1) is 17.4. The molecule has 2 aromatic carbocycles. The normalized spacial score (nSPS) is 19.1. The molecule has 0 aliphatic carbocycles. The number of ether oxygens (including phenoxy) is 1. The molecular formula is C27H33ClN4O3S. The minimum Gasteiger partial charge on any atom is -0.494 e. The van der Waals surface area contributed by atoms with Crippen LogP contribution in [0.25, 0.3) is 0 Å². The molecule has 2 aliphatic rings. The van der Waals surface area contributed by atoms with Crippen LogP contribution in [0, 0.1) is 5.92 Å². The van der Waals surface area contributed by atoms with Gasteiger partial charge < -0.3 is 19.9 Å².